The minimum atomic E-state index is -1.000. The van der Waals surface area contributed by atoms with Crippen molar-refractivity contribution in [1.82, 2.24) is 0 Å². The van der Waals surface area contributed by atoms with Crippen LogP contribution < -0.4 is 0 Å². The number of aryl methyl sites for hydroxylation is 1. The van der Waals surface area contributed by atoms with E-state index in [1.54, 1.807) is 6.08 Å². The van der Waals surface area contributed by atoms with Gasteiger partial charge in [0.25, 0.3) is 0 Å². The number of fused-ring (bicyclic) bond motifs is 5. The molecule has 16 heavy (non-hydrogen) atoms. The van der Waals surface area contributed by atoms with Gasteiger partial charge in [0, 0.05) is 5.56 Å². The summed E-state index contributed by atoms with van der Waals surface area (Å²) in [5.41, 5.74) is 2.09. The van der Waals surface area contributed by atoms with Crippen molar-refractivity contribution in [3.63, 3.8) is 0 Å². The molecule has 0 amide bonds. The maximum Gasteiger partial charge on any atom is 0.347 e. The molecule has 3 nitrogen and oxygen atoms in total. The van der Waals surface area contributed by atoms with Crippen LogP contribution in [0.5, 0.6) is 0 Å². The zero-order valence-electron chi connectivity index (χ0n) is 9.19. The number of benzene rings is 1. The summed E-state index contributed by atoms with van der Waals surface area (Å²) in [4.78, 5) is 11.9. The Kier molecular flexibility index (Phi) is 1.77. The normalized spacial score (nSPS) is 29.2. The van der Waals surface area contributed by atoms with E-state index in [9.17, 15) is 4.79 Å². The molecule has 1 aromatic rings. The Labute approximate surface area is 93.7 Å². The Hall–Kier alpha value is -1.61. The van der Waals surface area contributed by atoms with E-state index in [4.69, 9.17) is 9.47 Å². The van der Waals surface area contributed by atoms with E-state index >= 15 is 0 Å². The van der Waals surface area contributed by atoms with Crippen molar-refractivity contribution >= 4 is 5.97 Å². The molecular weight excluding hydrogens is 204 g/mol. The molecule has 2 aliphatic rings. The largest absolute Gasteiger partial charge is 0.466 e. The van der Waals surface area contributed by atoms with Gasteiger partial charge in [0.1, 0.15) is 6.10 Å². The second-order valence-corrected chi connectivity index (χ2v) is 4.16. The molecule has 3 rings (SSSR count). The molecule has 2 bridgehead atoms. The fourth-order valence-electron chi connectivity index (χ4n) is 2.62. The predicted molar refractivity (Wildman–Crippen MR) is 57.8 cm³/mol. The number of esters is 1. The summed E-state index contributed by atoms with van der Waals surface area (Å²) in [7, 11) is 1.39. The molecule has 82 valence electrons. The summed E-state index contributed by atoms with van der Waals surface area (Å²) in [6.45, 7) is 1.99. The first kappa shape index (κ1) is 9.60. The average Bonchev–Trinajstić information content (AvgIpc) is 2.86. The predicted octanol–water partition coefficient (Wildman–Crippen LogP) is 2.00. The number of ether oxygens (including phenoxy) is 2. The lowest BCUT2D eigenvalue weighted by Gasteiger charge is -2.22. The average molecular weight is 216 g/mol. The van der Waals surface area contributed by atoms with Crippen molar-refractivity contribution in [2.45, 2.75) is 18.6 Å². The maximum atomic E-state index is 11.9. The van der Waals surface area contributed by atoms with E-state index in [-0.39, 0.29) is 12.1 Å². The van der Waals surface area contributed by atoms with Gasteiger partial charge < -0.3 is 9.47 Å². The van der Waals surface area contributed by atoms with Crippen molar-refractivity contribution < 1.29 is 14.3 Å². The van der Waals surface area contributed by atoms with Crippen LogP contribution in [0, 0.1) is 6.92 Å². The van der Waals surface area contributed by atoms with Gasteiger partial charge in [-0.15, -0.1) is 0 Å². The molecule has 2 unspecified atom stereocenters. The van der Waals surface area contributed by atoms with Gasteiger partial charge >= 0.3 is 5.97 Å². The highest BCUT2D eigenvalue weighted by molar-refractivity contribution is 5.87. The third-order valence-corrected chi connectivity index (χ3v) is 3.29. The van der Waals surface area contributed by atoms with Crippen LogP contribution in [0.3, 0.4) is 0 Å². The van der Waals surface area contributed by atoms with Gasteiger partial charge in [0.2, 0.25) is 5.60 Å². The number of hydrogen-bond donors (Lipinski definition) is 0. The van der Waals surface area contributed by atoms with Gasteiger partial charge in [-0.3, -0.25) is 0 Å². The molecular formula is C13H12O3. The molecule has 0 saturated carbocycles. The van der Waals surface area contributed by atoms with Gasteiger partial charge in [-0.25, -0.2) is 4.79 Å². The summed E-state index contributed by atoms with van der Waals surface area (Å²) in [6, 6.07) is 5.97. The molecule has 0 N–H and O–H groups in total. The SMILES string of the molecule is COC(=O)C12C=CC(O1)c1cccc(C)c12. The molecule has 3 heteroatoms. The van der Waals surface area contributed by atoms with Crippen molar-refractivity contribution in [1.29, 1.82) is 0 Å². The van der Waals surface area contributed by atoms with Crippen LogP contribution in [0.4, 0.5) is 0 Å². The van der Waals surface area contributed by atoms with Crippen LogP contribution in [0.1, 0.15) is 22.8 Å². The Balaban J connectivity index is 2.26. The third kappa shape index (κ3) is 0.938. The molecule has 0 radical (unpaired) electrons. The lowest BCUT2D eigenvalue weighted by molar-refractivity contribution is -0.162. The van der Waals surface area contributed by atoms with Crippen molar-refractivity contribution in [2.24, 2.45) is 0 Å². The molecule has 0 saturated heterocycles. The summed E-state index contributed by atoms with van der Waals surface area (Å²) in [5.74, 6) is -0.348. The molecule has 0 spiro atoms. The van der Waals surface area contributed by atoms with Gasteiger partial charge in [0.05, 0.1) is 7.11 Å². The quantitative estimate of drug-likeness (QED) is 0.532. The van der Waals surface area contributed by atoms with Crippen molar-refractivity contribution in [3.8, 4) is 0 Å². The molecule has 2 heterocycles. The second-order valence-electron chi connectivity index (χ2n) is 4.16. The number of methoxy groups -OCH3 is 1. The molecule has 0 fully saturated rings. The van der Waals surface area contributed by atoms with E-state index in [0.717, 1.165) is 16.7 Å². The first-order valence-corrected chi connectivity index (χ1v) is 5.24. The smallest absolute Gasteiger partial charge is 0.347 e. The van der Waals surface area contributed by atoms with Crippen LogP contribution in [-0.2, 0) is 19.9 Å². The molecule has 1 aromatic carbocycles. The van der Waals surface area contributed by atoms with Crippen LogP contribution in [0.25, 0.3) is 0 Å². The van der Waals surface area contributed by atoms with Gasteiger partial charge in [0.15, 0.2) is 0 Å². The van der Waals surface area contributed by atoms with Crippen LogP contribution in [0.15, 0.2) is 30.4 Å². The Bertz CT molecular complexity index is 504. The number of carbonyl (C=O) groups excluding carboxylic acids is 1. The maximum absolute atomic E-state index is 11.9. The Morgan fingerprint density at radius 3 is 3.06 bits per heavy atom. The van der Waals surface area contributed by atoms with Crippen molar-refractivity contribution in [2.75, 3.05) is 7.11 Å². The fraction of sp³-hybridized carbons (Fsp3) is 0.308. The van der Waals surface area contributed by atoms with Gasteiger partial charge in [-0.05, 0) is 24.1 Å². The highest BCUT2D eigenvalue weighted by Crippen LogP contribution is 2.51. The molecule has 2 aliphatic heterocycles. The molecule has 0 aliphatic carbocycles. The van der Waals surface area contributed by atoms with Crippen LogP contribution in [0.2, 0.25) is 0 Å². The number of rotatable bonds is 1. The summed E-state index contributed by atoms with van der Waals surface area (Å²) < 4.78 is 10.6. The lowest BCUT2D eigenvalue weighted by atomic mass is 9.84. The highest BCUT2D eigenvalue weighted by atomic mass is 16.6. The first-order chi connectivity index (χ1) is 7.69. The minimum Gasteiger partial charge on any atom is -0.466 e. The van der Waals surface area contributed by atoms with Gasteiger partial charge in [-0.2, -0.15) is 0 Å². The summed E-state index contributed by atoms with van der Waals surface area (Å²) in [5, 5.41) is 0. The fourth-order valence-corrected chi connectivity index (χ4v) is 2.62. The van der Waals surface area contributed by atoms with E-state index < -0.39 is 5.60 Å². The monoisotopic (exact) mass is 216 g/mol. The van der Waals surface area contributed by atoms with Crippen molar-refractivity contribution in [3.05, 3.63) is 47.0 Å². The zero-order valence-corrected chi connectivity index (χ0v) is 9.19. The minimum absolute atomic E-state index is 0.103. The number of carbonyl (C=O) groups is 1. The van der Waals surface area contributed by atoms with E-state index in [1.165, 1.54) is 7.11 Å². The van der Waals surface area contributed by atoms with E-state index in [2.05, 4.69) is 0 Å². The topological polar surface area (TPSA) is 35.5 Å². The van der Waals surface area contributed by atoms with Crippen LogP contribution >= 0.6 is 0 Å². The standard InChI is InChI=1S/C13H12O3/c1-8-4-3-5-9-10-6-7-13(16-10,11(8)9)12(14)15-2/h3-7,10H,1-2H3. The Morgan fingerprint density at radius 1 is 1.50 bits per heavy atom. The third-order valence-electron chi connectivity index (χ3n) is 3.29. The number of hydrogen-bond acceptors (Lipinski definition) is 3. The highest BCUT2D eigenvalue weighted by Gasteiger charge is 2.53. The molecule has 0 aromatic heterocycles. The van der Waals surface area contributed by atoms with Gasteiger partial charge in [-0.1, -0.05) is 24.3 Å². The van der Waals surface area contributed by atoms with E-state index in [1.807, 2.05) is 31.2 Å². The zero-order chi connectivity index (χ0) is 11.3. The lowest BCUT2D eigenvalue weighted by Crippen LogP contribution is -2.33. The second kappa shape index (κ2) is 2.95. The molecule has 2 atom stereocenters. The van der Waals surface area contributed by atoms with E-state index in [0.29, 0.717) is 0 Å². The Morgan fingerprint density at radius 2 is 2.31 bits per heavy atom. The van der Waals surface area contributed by atoms with Crippen LogP contribution in [-0.4, -0.2) is 13.1 Å². The first-order valence-electron chi connectivity index (χ1n) is 5.24. The summed E-state index contributed by atoms with van der Waals surface area (Å²) in [6.07, 6.45) is 3.62. The summed E-state index contributed by atoms with van der Waals surface area (Å²) >= 11 is 0.